The second-order valence-electron chi connectivity index (χ2n) is 4.42. The first-order chi connectivity index (χ1) is 9.20. The molecule has 0 aliphatic rings. The fourth-order valence-corrected chi connectivity index (χ4v) is 2.66. The molecule has 3 rings (SSSR count). The fraction of sp³-hybridized carbons (Fsp3) is 0.133. The number of hydrogen-bond donors (Lipinski definition) is 1. The second kappa shape index (κ2) is 4.70. The van der Waals surface area contributed by atoms with Crippen molar-refractivity contribution in [2.24, 2.45) is 7.05 Å². The summed E-state index contributed by atoms with van der Waals surface area (Å²) in [5.74, 6) is 0.970. The van der Waals surface area contributed by atoms with Crippen molar-refractivity contribution in [1.29, 1.82) is 0 Å². The van der Waals surface area contributed by atoms with E-state index in [1.807, 2.05) is 38.4 Å². The molecular weight excluding hydrogens is 302 g/mol. The van der Waals surface area contributed by atoms with Crippen molar-refractivity contribution in [1.82, 2.24) is 9.55 Å². The Balaban J connectivity index is 2.28. The number of nitrogens with zero attached hydrogens (tertiary/aromatic N) is 2. The van der Waals surface area contributed by atoms with Crippen LogP contribution in [0.3, 0.4) is 0 Å². The Morgan fingerprint density at radius 3 is 2.74 bits per heavy atom. The number of para-hydroxylation sites is 1. The number of aromatic nitrogens is 2. The number of halogens is 1. The van der Waals surface area contributed by atoms with Crippen LogP contribution < -0.4 is 5.32 Å². The van der Waals surface area contributed by atoms with Crippen molar-refractivity contribution < 1.29 is 0 Å². The fourth-order valence-electron chi connectivity index (χ4n) is 2.31. The summed E-state index contributed by atoms with van der Waals surface area (Å²) in [6.45, 7) is 0. The van der Waals surface area contributed by atoms with Gasteiger partial charge in [-0.25, -0.2) is 4.98 Å². The summed E-state index contributed by atoms with van der Waals surface area (Å²) in [5.41, 5.74) is 4.32. The molecule has 0 aliphatic heterocycles. The lowest BCUT2D eigenvalue weighted by Gasteiger charge is -2.08. The molecule has 0 saturated carbocycles. The maximum atomic E-state index is 4.74. The third-order valence-corrected chi connectivity index (χ3v) is 3.77. The van der Waals surface area contributed by atoms with Gasteiger partial charge in [-0.1, -0.05) is 28.1 Å². The smallest absolute Gasteiger partial charge is 0.142 e. The SMILES string of the molecule is CNc1ccccc1-c1nc2cc(Br)ccc2n1C. The molecule has 0 radical (unpaired) electrons. The van der Waals surface area contributed by atoms with Gasteiger partial charge in [-0.3, -0.25) is 0 Å². The molecule has 0 fully saturated rings. The average molecular weight is 316 g/mol. The minimum Gasteiger partial charge on any atom is -0.388 e. The van der Waals surface area contributed by atoms with E-state index in [0.717, 1.165) is 32.6 Å². The first kappa shape index (κ1) is 12.2. The average Bonchev–Trinajstić information content (AvgIpc) is 2.75. The van der Waals surface area contributed by atoms with Gasteiger partial charge in [-0.2, -0.15) is 0 Å². The number of rotatable bonds is 2. The van der Waals surface area contributed by atoms with Crippen LogP contribution in [0.5, 0.6) is 0 Å². The zero-order valence-electron chi connectivity index (χ0n) is 10.8. The maximum Gasteiger partial charge on any atom is 0.142 e. The third kappa shape index (κ3) is 2.02. The van der Waals surface area contributed by atoms with E-state index < -0.39 is 0 Å². The van der Waals surface area contributed by atoms with Gasteiger partial charge in [0.25, 0.3) is 0 Å². The van der Waals surface area contributed by atoms with Crippen molar-refractivity contribution in [3.8, 4) is 11.4 Å². The number of nitrogens with one attached hydrogen (secondary N) is 1. The zero-order chi connectivity index (χ0) is 13.4. The van der Waals surface area contributed by atoms with Crippen LogP contribution in [-0.2, 0) is 7.05 Å². The number of benzene rings is 2. The van der Waals surface area contributed by atoms with Crippen molar-refractivity contribution >= 4 is 32.7 Å². The van der Waals surface area contributed by atoms with Crippen LogP contribution in [0.25, 0.3) is 22.4 Å². The van der Waals surface area contributed by atoms with Crippen LogP contribution in [0, 0.1) is 0 Å². The number of aryl methyl sites for hydroxylation is 1. The van der Waals surface area contributed by atoms with Crippen LogP contribution >= 0.6 is 15.9 Å². The molecule has 0 bridgehead atoms. The van der Waals surface area contributed by atoms with E-state index in [1.54, 1.807) is 0 Å². The van der Waals surface area contributed by atoms with Gasteiger partial charge in [0.2, 0.25) is 0 Å². The van der Waals surface area contributed by atoms with Crippen molar-refractivity contribution in [2.75, 3.05) is 12.4 Å². The van der Waals surface area contributed by atoms with Crippen LogP contribution in [0.15, 0.2) is 46.9 Å². The van der Waals surface area contributed by atoms with Crippen LogP contribution in [-0.4, -0.2) is 16.6 Å². The van der Waals surface area contributed by atoms with Gasteiger partial charge in [-0.15, -0.1) is 0 Å². The first-order valence-corrected chi connectivity index (χ1v) is 6.89. The molecule has 1 N–H and O–H groups in total. The quantitative estimate of drug-likeness (QED) is 0.773. The predicted molar refractivity (Wildman–Crippen MR) is 83.4 cm³/mol. The summed E-state index contributed by atoms with van der Waals surface area (Å²) in [4.78, 5) is 4.74. The summed E-state index contributed by atoms with van der Waals surface area (Å²) in [5, 5.41) is 3.21. The number of anilines is 1. The van der Waals surface area contributed by atoms with Crippen molar-refractivity contribution in [3.05, 3.63) is 46.9 Å². The summed E-state index contributed by atoms with van der Waals surface area (Å²) < 4.78 is 3.17. The topological polar surface area (TPSA) is 29.9 Å². The van der Waals surface area contributed by atoms with E-state index in [-0.39, 0.29) is 0 Å². The maximum absolute atomic E-state index is 4.74. The molecule has 0 atom stereocenters. The zero-order valence-corrected chi connectivity index (χ0v) is 12.4. The monoisotopic (exact) mass is 315 g/mol. The molecule has 0 aliphatic carbocycles. The molecule has 19 heavy (non-hydrogen) atoms. The van der Waals surface area contributed by atoms with E-state index in [4.69, 9.17) is 4.98 Å². The van der Waals surface area contributed by atoms with Crippen molar-refractivity contribution in [2.45, 2.75) is 0 Å². The molecule has 0 spiro atoms. The molecule has 0 unspecified atom stereocenters. The normalized spacial score (nSPS) is 10.9. The van der Waals surface area contributed by atoms with E-state index in [0.29, 0.717) is 0 Å². The Bertz CT molecular complexity index is 746. The Morgan fingerprint density at radius 1 is 1.16 bits per heavy atom. The lowest BCUT2D eigenvalue weighted by Crippen LogP contribution is -1.97. The molecule has 0 saturated heterocycles. The molecular formula is C15H14BrN3. The van der Waals surface area contributed by atoms with Gasteiger partial charge in [0, 0.05) is 29.8 Å². The van der Waals surface area contributed by atoms with Gasteiger partial charge in [0.05, 0.1) is 11.0 Å². The highest BCUT2D eigenvalue weighted by atomic mass is 79.9. The minimum atomic E-state index is 0.970. The molecule has 0 amide bonds. The van der Waals surface area contributed by atoms with Gasteiger partial charge in [0.15, 0.2) is 0 Å². The summed E-state index contributed by atoms with van der Waals surface area (Å²) in [7, 11) is 3.98. The Hall–Kier alpha value is -1.81. The molecule has 2 aromatic carbocycles. The molecule has 96 valence electrons. The van der Waals surface area contributed by atoms with Gasteiger partial charge < -0.3 is 9.88 Å². The number of hydrogen-bond acceptors (Lipinski definition) is 2. The summed E-state index contributed by atoms with van der Waals surface area (Å²) in [6.07, 6.45) is 0. The van der Waals surface area contributed by atoms with E-state index in [9.17, 15) is 0 Å². The number of fused-ring (bicyclic) bond motifs is 1. The molecule has 3 aromatic rings. The standard InChI is InChI=1S/C15H14BrN3/c1-17-12-6-4-3-5-11(12)15-18-13-9-10(16)7-8-14(13)19(15)2/h3-9,17H,1-2H3. The summed E-state index contributed by atoms with van der Waals surface area (Å²) in [6, 6.07) is 14.4. The van der Waals surface area contributed by atoms with E-state index in [2.05, 4.69) is 44.0 Å². The molecule has 4 heteroatoms. The largest absolute Gasteiger partial charge is 0.388 e. The number of imidazole rings is 1. The van der Waals surface area contributed by atoms with Gasteiger partial charge >= 0.3 is 0 Å². The lowest BCUT2D eigenvalue weighted by atomic mass is 10.1. The molecule has 1 heterocycles. The van der Waals surface area contributed by atoms with Crippen LogP contribution in [0.2, 0.25) is 0 Å². The van der Waals surface area contributed by atoms with Crippen LogP contribution in [0.4, 0.5) is 5.69 Å². The highest BCUT2D eigenvalue weighted by Crippen LogP contribution is 2.30. The minimum absolute atomic E-state index is 0.970. The third-order valence-electron chi connectivity index (χ3n) is 3.28. The highest BCUT2D eigenvalue weighted by molar-refractivity contribution is 9.10. The highest BCUT2D eigenvalue weighted by Gasteiger charge is 2.12. The molecule has 3 nitrogen and oxygen atoms in total. The lowest BCUT2D eigenvalue weighted by molar-refractivity contribution is 0.959. The second-order valence-corrected chi connectivity index (χ2v) is 5.34. The first-order valence-electron chi connectivity index (χ1n) is 6.10. The Labute approximate surface area is 120 Å². The Morgan fingerprint density at radius 2 is 1.95 bits per heavy atom. The van der Waals surface area contributed by atoms with E-state index in [1.165, 1.54) is 0 Å². The van der Waals surface area contributed by atoms with Gasteiger partial charge in [0.1, 0.15) is 5.82 Å². The Kier molecular flexibility index (Phi) is 3.03. The van der Waals surface area contributed by atoms with Crippen LogP contribution in [0.1, 0.15) is 0 Å². The predicted octanol–water partition coefficient (Wildman–Crippen LogP) is 4.04. The summed E-state index contributed by atoms with van der Waals surface area (Å²) >= 11 is 3.49. The van der Waals surface area contributed by atoms with E-state index >= 15 is 0 Å². The van der Waals surface area contributed by atoms with Crippen molar-refractivity contribution in [3.63, 3.8) is 0 Å². The van der Waals surface area contributed by atoms with Gasteiger partial charge in [-0.05, 0) is 30.3 Å². The molecule has 1 aromatic heterocycles.